The van der Waals surface area contributed by atoms with E-state index in [0.717, 1.165) is 5.56 Å². The molecule has 0 spiro atoms. The highest BCUT2D eigenvalue weighted by molar-refractivity contribution is 5.69. The SMILES string of the molecule is O=C1O[C@@H](CO)CN1Cc1ccccc1. The summed E-state index contributed by atoms with van der Waals surface area (Å²) in [5.74, 6) is 0. The summed E-state index contributed by atoms with van der Waals surface area (Å²) in [7, 11) is 0. The van der Waals surface area contributed by atoms with E-state index in [0.29, 0.717) is 13.1 Å². The zero-order chi connectivity index (χ0) is 10.7. The van der Waals surface area contributed by atoms with Gasteiger partial charge in [-0.2, -0.15) is 0 Å². The standard InChI is InChI=1S/C11H13NO3/c13-8-10-7-12(11(14)15-10)6-9-4-2-1-3-5-9/h1-5,10,13H,6-8H2/t10-/m1/s1. The van der Waals surface area contributed by atoms with Gasteiger partial charge in [-0.15, -0.1) is 0 Å². The number of rotatable bonds is 3. The van der Waals surface area contributed by atoms with Gasteiger partial charge in [0.05, 0.1) is 13.2 Å². The van der Waals surface area contributed by atoms with Crippen molar-refractivity contribution in [1.82, 2.24) is 4.90 Å². The Morgan fingerprint density at radius 3 is 2.73 bits per heavy atom. The van der Waals surface area contributed by atoms with Gasteiger partial charge in [-0.25, -0.2) is 4.79 Å². The number of carbonyl (C=O) groups is 1. The lowest BCUT2D eigenvalue weighted by Crippen LogP contribution is -2.25. The second kappa shape index (κ2) is 4.31. The molecule has 0 bridgehead atoms. The Morgan fingerprint density at radius 2 is 2.13 bits per heavy atom. The second-order valence-electron chi connectivity index (χ2n) is 3.55. The molecule has 1 aliphatic rings. The Morgan fingerprint density at radius 1 is 1.40 bits per heavy atom. The summed E-state index contributed by atoms with van der Waals surface area (Å²) in [6, 6.07) is 9.71. The molecule has 0 saturated carbocycles. The van der Waals surface area contributed by atoms with E-state index in [2.05, 4.69) is 0 Å². The minimum atomic E-state index is -0.374. The number of cyclic esters (lactones) is 1. The van der Waals surface area contributed by atoms with Gasteiger partial charge >= 0.3 is 6.09 Å². The molecule has 1 fully saturated rings. The third-order valence-corrected chi connectivity index (χ3v) is 2.37. The van der Waals surface area contributed by atoms with Crippen molar-refractivity contribution in [3.63, 3.8) is 0 Å². The normalized spacial score (nSPS) is 20.5. The fourth-order valence-corrected chi connectivity index (χ4v) is 1.60. The van der Waals surface area contributed by atoms with Crippen LogP contribution in [-0.2, 0) is 11.3 Å². The largest absolute Gasteiger partial charge is 0.442 e. The quantitative estimate of drug-likeness (QED) is 0.804. The molecule has 4 heteroatoms. The monoisotopic (exact) mass is 207 g/mol. The molecule has 80 valence electrons. The fraction of sp³-hybridized carbons (Fsp3) is 0.364. The molecule has 1 amide bonds. The van der Waals surface area contributed by atoms with Crippen molar-refractivity contribution in [2.45, 2.75) is 12.6 Å². The molecular formula is C11H13NO3. The van der Waals surface area contributed by atoms with Gasteiger partial charge in [-0.1, -0.05) is 30.3 Å². The highest BCUT2D eigenvalue weighted by Crippen LogP contribution is 2.14. The third-order valence-electron chi connectivity index (χ3n) is 2.37. The number of hydrogen-bond donors (Lipinski definition) is 1. The topological polar surface area (TPSA) is 49.8 Å². The maximum Gasteiger partial charge on any atom is 0.410 e. The number of benzene rings is 1. The predicted molar refractivity (Wildman–Crippen MR) is 54.2 cm³/mol. The molecular weight excluding hydrogens is 194 g/mol. The van der Waals surface area contributed by atoms with Crippen molar-refractivity contribution in [2.24, 2.45) is 0 Å². The number of aliphatic hydroxyl groups excluding tert-OH is 1. The lowest BCUT2D eigenvalue weighted by molar-refractivity contribution is 0.0947. The minimum Gasteiger partial charge on any atom is -0.442 e. The lowest BCUT2D eigenvalue weighted by Gasteiger charge is -2.12. The molecule has 0 radical (unpaired) electrons. The summed E-state index contributed by atoms with van der Waals surface area (Å²) in [5.41, 5.74) is 1.06. The fourth-order valence-electron chi connectivity index (χ4n) is 1.60. The van der Waals surface area contributed by atoms with Crippen LogP contribution < -0.4 is 0 Å². The van der Waals surface area contributed by atoms with Gasteiger partial charge in [0, 0.05) is 6.54 Å². The summed E-state index contributed by atoms with van der Waals surface area (Å²) in [5, 5.41) is 8.86. The first kappa shape index (κ1) is 9.98. The van der Waals surface area contributed by atoms with Crippen LogP contribution in [0.2, 0.25) is 0 Å². The first-order valence-corrected chi connectivity index (χ1v) is 4.90. The van der Waals surface area contributed by atoms with Crippen LogP contribution >= 0.6 is 0 Å². The Bertz CT molecular complexity index is 339. The van der Waals surface area contributed by atoms with Crippen LogP contribution in [-0.4, -0.2) is 35.4 Å². The van der Waals surface area contributed by atoms with Crippen molar-refractivity contribution in [3.8, 4) is 0 Å². The maximum atomic E-state index is 11.3. The number of carbonyl (C=O) groups excluding carboxylic acids is 1. The Kier molecular flexibility index (Phi) is 2.87. The molecule has 15 heavy (non-hydrogen) atoms. The second-order valence-corrected chi connectivity index (χ2v) is 3.55. The van der Waals surface area contributed by atoms with E-state index in [9.17, 15) is 4.79 Å². The van der Waals surface area contributed by atoms with Crippen LogP contribution in [0, 0.1) is 0 Å². The maximum absolute atomic E-state index is 11.3. The minimum absolute atomic E-state index is 0.114. The number of aliphatic hydroxyl groups is 1. The summed E-state index contributed by atoms with van der Waals surface area (Å²) in [6.45, 7) is 0.886. The van der Waals surface area contributed by atoms with Crippen molar-refractivity contribution in [1.29, 1.82) is 0 Å². The van der Waals surface area contributed by atoms with Crippen LogP contribution in [0.5, 0.6) is 0 Å². The summed E-state index contributed by atoms with van der Waals surface area (Å²) >= 11 is 0. The zero-order valence-electron chi connectivity index (χ0n) is 8.30. The van der Waals surface area contributed by atoms with Crippen molar-refractivity contribution in [2.75, 3.05) is 13.2 Å². The smallest absolute Gasteiger partial charge is 0.410 e. The number of nitrogens with zero attached hydrogens (tertiary/aromatic N) is 1. The molecule has 1 aliphatic heterocycles. The molecule has 1 saturated heterocycles. The average Bonchev–Trinajstić information content (AvgIpc) is 2.61. The van der Waals surface area contributed by atoms with E-state index in [4.69, 9.17) is 9.84 Å². The van der Waals surface area contributed by atoms with Crippen molar-refractivity contribution < 1.29 is 14.6 Å². The summed E-state index contributed by atoms with van der Waals surface area (Å²) < 4.78 is 4.93. The molecule has 1 atom stereocenters. The molecule has 0 aliphatic carbocycles. The Hall–Kier alpha value is -1.55. The molecule has 4 nitrogen and oxygen atoms in total. The number of amides is 1. The van der Waals surface area contributed by atoms with E-state index >= 15 is 0 Å². The first-order valence-electron chi connectivity index (χ1n) is 4.90. The van der Waals surface area contributed by atoms with E-state index in [1.807, 2.05) is 30.3 Å². The number of hydrogen-bond acceptors (Lipinski definition) is 3. The van der Waals surface area contributed by atoms with Crippen LogP contribution in [0.25, 0.3) is 0 Å². The van der Waals surface area contributed by atoms with Crippen LogP contribution in [0.15, 0.2) is 30.3 Å². The molecule has 1 N–H and O–H groups in total. The van der Waals surface area contributed by atoms with Crippen LogP contribution in [0.4, 0.5) is 4.79 Å². The van der Waals surface area contributed by atoms with E-state index in [1.165, 1.54) is 0 Å². The van der Waals surface area contributed by atoms with Gasteiger partial charge in [-0.3, -0.25) is 0 Å². The average molecular weight is 207 g/mol. The zero-order valence-corrected chi connectivity index (χ0v) is 8.30. The van der Waals surface area contributed by atoms with Gasteiger partial charge in [0.15, 0.2) is 0 Å². The van der Waals surface area contributed by atoms with Gasteiger partial charge in [-0.05, 0) is 5.56 Å². The van der Waals surface area contributed by atoms with Gasteiger partial charge in [0.2, 0.25) is 0 Å². The summed E-state index contributed by atoms with van der Waals surface area (Å²) in [4.78, 5) is 12.9. The predicted octanol–water partition coefficient (Wildman–Crippen LogP) is 1.000. The Balaban J connectivity index is 1.99. The van der Waals surface area contributed by atoms with Crippen LogP contribution in [0.3, 0.4) is 0 Å². The molecule has 1 aromatic rings. The molecule has 0 aromatic heterocycles. The molecule has 0 unspecified atom stereocenters. The van der Waals surface area contributed by atoms with Crippen molar-refractivity contribution >= 4 is 6.09 Å². The van der Waals surface area contributed by atoms with E-state index in [-0.39, 0.29) is 18.8 Å². The molecule has 1 heterocycles. The van der Waals surface area contributed by atoms with E-state index in [1.54, 1.807) is 4.90 Å². The molecule has 1 aromatic carbocycles. The highest BCUT2D eigenvalue weighted by Gasteiger charge is 2.30. The van der Waals surface area contributed by atoms with Gasteiger partial charge in [0.25, 0.3) is 0 Å². The number of ether oxygens (including phenoxy) is 1. The third kappa shape index (κ3) is 2.27. The van der Waals surface area contributed by atoms with Gasteiger partial charge < -0.3 is 14.7 Å². The molecule has 2 rings (SSSR count). The highest BCUT2D eigenvalue weighted by atomic mass is 16.6. The van der Waals surface area contributed by atoms with Gasteiger partial charge in [0.1, 0.15) is 6.10 Å². The van der Waals surface area contributed by atoms with Crippen LogP contribution in [0.1, 0.15) is 5.56 Å². The first-order chi connectivity index (χ1) is 7.29. The van der Waals surface area contributed by atoms with Crippen molar-refractivity contribution in [3.05, 3.63) is 35.9 Å². The van der Waals surface area contributed by atoms with E-state index < -0.39 is 0 Å². The lowest BCUT2D eigenvalue weighted by atomic mass is 10.2. The summed E-state index contributed by atoms with van der Waals surface area (Å²) in [6.07, 6.45) is -0.723. The Labute approximate surface area is 88.1 Å².